The molecule has 0 saturated heterocycles. The van der Waals surface area contributed by atoms with E-state index >= 15 is 0 Å². The highest BCUT2D eigenvalue weighted by atomic mass is 35.5. The van der Waals surface area contributed by atoms with E-state index in [0.717, 1.165) is 19.5 Å². The van der Waals surface area contributed by atoms with Crippen molar-refractivity contribution in [1.82, 2.24) is 5.32 Å². The Bertz CT molecular complexity index is 395. The fourth-order valence-electron chi connectivity index (χ4n) is 2.48. The monoisotopic (exact) mass is 305 g/mol. The molecule has 1 aliphatic carbocycles. The molecule has 1 fully saturated rings. The largest absolute Gasteiger partial charge is 0.312 e. The van der Waals surface area contributed by atoms with Gasteiger partial charge in [0.1, 0.15) is 0 Å². The summed E-state index contributed by atoms with van der Waals surface area (Å²) in [5.41, 5.74) is 1.17. The molecule has 100 valence electrons. The summed E-state index contributed by atoms with van der Waals surface area (Å²) >= 11 is 18.1. The summed E-state index contributed by atoms with van der Waals surface area (Å²) in [4.78, 5) is 0. The Labute approximate surface area is 124 Å². The number of halogens is 3. The Morgan fingerprint density at radius 2 is 2.00 bits per heavy atom. The number of hydrogen-bond donors (Lipinski definition) is 1. The van der Waals surface area contributed by atoms with Gasteiger partial charge in [0.2, 0.25) is 0 Å². The normalized spacial score (nSPS) is 24.2. The molecule has 1 N–H and O–H groups in total. The zero-order chi connectivity index (χ0) is 13.0. The van der Waals surface area contributed by atoms with Crippen molar-refractivity contribution in [3.8, 4) is 0 Å². The van der Waals surface area contributed by atoms with Gasteiger partial charge in [-0.2, -0.15) is 0 Å². The first-order valence-corrected chi connectivity index (χ1v) is 7.63. The van der Waals surface area contributed by atoms with E-state index in [0.29, 0.717) is 21.3 Å². The Balaban J connectivity index is 1.76. The molecule has 0 radical (unpaired) electrons. The van der Waals surface area contributed by atoms with Gasteiger partial charge in [-0.3, -0.25) is 0 Å². The van der Waals surface area contributed by atoms with E-state index in [1.54, 1.807) is 0 Å². The molecule has 2 unspecified atom stereocenters. The smallest absolute Gasteiger partial charge is 0.0595 e. The van der Waals surface area contributed by atoms with Crippen LogP contribution in [0.5, 0.6) is 0 Å². The highest BCUT2D eigenvalue weighted by molar-refractivity contribution is 6.42. The van der Waals surface area contributed by atoms with Crippen molar-refractivity contribution >= 4 is 34.8 Å². The van der Waals surface area contributed by atoms with Crippen LogP contribution in [0.15, 0.2) is 18.2 Å². The molecular weight excluding hydrogens is 289 g/mol. The molecule has 0 heterocycles. The van der Waals surface area contributed by atoms with Crippen molar-refractivity contribution in [1.29, 1.82) is 0 Å². The molecule has 18 heavy (non-hydrogen) atoms. The summed E-state index contributed by atoms with van der Waals surface area (Å²) in [5, 5.41) is 5.08. The predicted molar refractivity (Wildman–Crippen MR) is 79.8 cm³/mol. The maximum Gasteiger partial charge on any atom is 0.0595 e. The summed E-state index contributed by atoms with van der Waals surface area (Å²) in [6, 6.07) is 5.77. The minimum Gasteiger partial charge on any atom is -0.312 e. The quantitative estimate of drug-likeness (QED) is 0.782. The van der Waals surface area contributed by atoms with Gasteiger partial charge in [-0.25, -0.2) is 0 Å². The van der Waals surface area contributed by atoms with Crippen LogP contribution in [0, 0.1) is 5.92 Å². The maximum atomic E-state index is 6.19. The van der Waals surface area contributed by atoms with E-state index in [2.05, 4.69) is 5.32 Å². The van der Waals surface area contributed by atoms with Crippen LogP contribution in [0.25, 0.3) is 0 Å². The Hall–Kier alpha value is 0.0500. The SMILES string of the molecule is Clc1ccc(CNCC2CCCC(Cl)C2)cc1Cl. The van der Waals surface area contributed by atoms with Crippen LogP contribution in [0.1, 0.15) is 31.2 Å². The highest BCUT2D eigenvalue weighted by Gasteiger charge is 2.19. The lowest BCUT2D eigenvalue weighted by atomic mass is 9.89. The van der Waals surface area contributed by atoms with E-state index in [-0.39, 0.29) is 0 Å². The van der Waals surface area contributed by atoms with Crippen LogP contribution in [0.4, 0.5) is 0 Å². The summed E-state index contributed by atoms with van der Waals surface area (Å²) in [6.45, 7) is 1.86. The van der Waals surface area contributed by atoms with Crippen LogP contribution >= 0.6 is 34.8 Å². The summed E-state index contributed by atoms with van der Waals surface area (Å²) in [5.74, 6) is 0.712. The molecule has 0 spiro atoms. The van der Waals surface area contributed by atoms with Crippen LogP contribution in [-0.4, -0.2) is 11.9 Å². The lowest BCUT2D eigenvalue weighted by Gasteiger charge is -2.25. The first kappa shape index (κ1) is 14.5. The van der Waals surface area contributed by atoms with E-state index in [9.17, 15) is 0 Å². The average Bonchev–Trinajstić information content (AvgIpc) is 2.34. The molecule has 2 atom stereocenters. The second-order valence-corrected chi connectivity index (χ2v) is 6.44. The van der Waals surface area contributed by atoms with Crippen LogP contribution in [0.3, 0.4) is 0 Å². The minimum atomic E-state index is 0.371. The Morgan fingerprint density at radius 1 is 1.17 bits per heavy atom. The van der Waals surface area contributed by atoms with Gasteiger partial charge in [0.05, 0.1) is 10.0 Å². The van der Waals surface area contributed by atoms with Gasteiger partial charge in [0.15, 0.2) is 0 Å². The number of benzene rings is 1. The molecule has 1 saturated carbocycles. The standard InChI is InChI=1S/C14H18Cl3N/c15-12-3-1-2-10(6-12)8-18-9-11-4-5-13(16)14(17)7-11/h4-5,7,10,12,18H,1-3,6,8-9H2. The summed E-state index contributed by atoms with van der Waals surface area (Å²) in [6.07, 6.45) is 4.85. The minimum absolute atomic E-state index is 0.371. The zero-order valence-electron chi connectivity index (χ0n) is 10.3. The topological polar surface area (TPSA) is 12.0 Å². The van der Waals surface area contributed by atoms with Crippen LogP contribution < -0.4 is 5.32 Å². The third-order valence-electron chi connectivity index (χ3n) is 3.46. The van der Waals surface area contributed by atoms with Crippen molar-refractivity contribution in [2.45, 2.75) is 37.6 Å². The van der Waals surface area contributed by atoms with Crippen molar-refractivity contribution in [2.24, 2.45) is 5.92 Å². The lowest BCUT2D eigenvalue weighted by molar-refractivity contribution is 0.346. The molecular formula is C14H18Cl3N. The molecule has 0 aliphatic heterocycles. The number of hydrogen-bond acceptors (Lipinski definition) is 1. The van der Waals surface area contributed by atoms with Crippen molar-refractivity contribution in [3.63, 3.8) is 0 Å². The van der Waals surface area contributed by atoms with E-state index in [1.807, 2.05) is 18.2 Å². The van der Waals surface area contributed by atoms with Crippen molar-refractivity contribution in [3.05, 3.63) is 33.8 Å². The van der Waals surface area contributed by atoms with Crippen LogP contribution in [-0.2, 0) is 6.54 Å². The van der Waals surface area contributed by atoms with Gasteiger partial charge in [-0.1, -0.05) is 35.7 Å². The molecule has 1 aliphatic rings. The van der Waals surface area contributed by atoms with Gasteiger partial charge in [-0.15, -0.1) is 11.6 Å². The molecule has 4 heteroatoms. The maximum absolute atomic E-state index is 6.19. The summed E-state index contributed by atoms with van der Waals surface area (Å²) < 4.78 is 0. The fourth-order valence-corrected chi connectivity index (χ4v) is 3.21. The number of alkyl halides is 1. The van der Waals surface area contributed by atoms with E-state index in [1.165, 1.54) is 24.8 Å². The second kappa shape index (κ2) is 7.00. The zero-order valence-corrected chi connectivity index (χ0v) is 12.5. The molecule has 2 rings (SSSR count). The fraction of sp³-hybridized carbons (Fsp3) is 0.571. The van der Waals surface area contributed by atoms with Gasteiger partial charge in [0, 0.05) is 11.9 Å². The highest BCUT2D eigenvalue weighted by Crippen LogP contribution is 2.27. The molecule has 0 amide bonds. The Morgan fingerprint density at radius 3 is 2.72 bits per heavy atom. The predicted octanol–water partition coefficient (Wildman–Crippen LogP) is 4.88. The second-order valence-electron chi connectivity index (χ2n) is 5.01. The van der Waals surface area contributed by atoms with Crippen molar-refractivity contribution in [2.75, 3.05) is 6.54 Å². The third kappa shape index (κ3) is 4.31. The first-order valence-electron chi connectivity index (χ1n) is 6.44. The Kier molecular flexibility index (Phi) is 5.62. The number of nitrogens with one attached hydrogen (secondary N) is 1. The molecule has 1 aromatic rings. The van der Waals surface area contributed by atoms with E-state index < -0.39 is 0 Å². The first-order chi connectivity index (χ1) is 8.65. The molecule has 0 bridgehead atoms. The molecule has 0 aromatic heterocycles. The number of rotatable bonds is 4. The summed E-state index contributed by atoms with van der Waals surface area (Å²) in [7, 11) is 0. The van der Waals surface area contributed by atoms with Gasteiger partial charge in [-0.05, 0) is 49.4 Å². The van der Waals surface area contributed by atoms with Gasteiger partial charge < -0.3 is 5.32 Å². The molecule has 1 aromatic carbocycles. The van der Waals surface area contributed by atoms with Gasteiger partial charge >= 0.3 is 0 Å². The average molecular weight is 307 g/mol. The van der Waals surface area contributed by atoms with Gasteiger partial charge in [0.25, 0.3) is 0 Å². The third-order valence-corrected chi connectivity index (χ3v) is 4.60. The molecule has 1 nitrogen and oxygen atoms in total. The lowest BCUT2D eigenvalue weighted by Crippen LogP contribution is -2.27. The van der Waals surface area contributed by atoms with Crippen LogP contribution in [0.2, 0.25) is 10.0 Å². The van der Waals surface area contributed by atoms with Crippen molar-refractivity contribution < 1.29 is 0 Å². The van der Waals surface area contributed by atoms with E-state index in [4.69, 9.17) is 34.8 Å².